The monoisotopic (exact) mass is 478 g/mol. The van der Waals surface area contributed by atoms with Crippen LogP contribution in [0.25, 0.3) is 21.5 Å². The summed E-state index contributed by atoms with van der Waals surface area (Å²) in [5.74, 6) is -0.261. The van der Waals surface area contributed by atoms with Crippen LogP contribution in [0.3, 0.4) is 0 Å². The number of carbonyl (C=O) groups excluding carboxylic acids is 2. The first-order valence-electron chi connectivity index (χ1n) is 11.3. The molecular weight excluding hydrogens is 456 g/mol. The summed E-state index contributed by atoms with van der Waals surface area (Å²) in [6, 6.07) is 23.9. The highest BCUT2D eigenvalue weighted by atomic mass is 16.5. The van der Waals surface area contributed by atoms with Crippen LogP contribution >= 0.6 is 0 Å². The highest BCUT2D eigenvalue weighted by molar-refractivity contribution is 6.00. The van der Waals surface area contributed by atoms with Crippen molar-refractivity contribution in [1.82, 2.24) is 0 Å². The normalized spacial score (nSPS) is 10.9. The van der Waals surface area contributed by atoms with Crippen LogP contribution in [0.15, 0.2) is 84.9 Å². The molecule has 0 saturated carbocycles. The zero-order chi connectivity index (χ0) is 25.4. The van der Waals surface area contributed by atoms with Gasteiger partial charge in [0.15, 0.2) is 0 Å². The Morgan fingerprint density at radius 1 is 0.528 bits per heavy atom. The summed E-state index contributed by atoms with van der Waals surface area (Å²) in [6.45, 7) is 3.50. The Morgan fingerprint density at radius 2 is 0.944 bits per heavy atom. The maximum atomic E-state index is 12.5. The highest BCUT2D eigenvalue weighted by Crippen LogP contribution is 2.30. The van der Waals surface area contributed by atoms with Crippen LogP contribution in [-0.4, -0.2) is 22.2 Å². The van der Waals surface area contributed by atoms with E-state index in [1.54, 1.807) is 62.4 Å². The van der Waals surface area contributed by atoms with E-state index in [9.17, 15) is 19.8 Å². The van der Waals surface area contributed by atoms with E-state index in [0.29, 0.717) is 22.6 Å². The van der Waals surface area contributed by atoms with E-state index in [4.69, 9.17) is 9.47 Å². The Labute approximate surface area is 207 Å². The average Bonchev–Trinajstić information content (AvgIpc) is 2.86. The molecule has 6 nitrogen and oxygen atoms in total. The predicted octanol–water partition coefficient (Wildman–Crippen LogP) is 6.46. The standard InChI is InChI=1S/C30H22O6/c1-17-3-5-21(15-27(17)31)29(33)35-25-9-7-19-12-24-14-26(10-8-20(24)11-23(19)13-25)36-30(34)22-6-4-18(2)28(32)16-22/h3-16,31-32H,1-2H3. The van der Waals surface area contributed by atoms with Gasteiger partial charge in [-0.3, -0.25) is 0 Å². The van der Waals surface area contributed by atoms with Gasteiger partial charge in [0, 0.05) is 0 Å². The van der Waals surface area contributed by atoms with Crippen LogP contribution < -0.4 is 9.47 Å². The molecule has 0 atom stereocenters. The maximum absolute atomic E-state index is 12.5. The molecule has 0 aliphatic carbocycles. The van der Waals surface area contributed by atoms with Crippen LogP contribution in [0.1, 0.15) is 31.8 Å². The summed E-state index contributed by atoms with van der Waals surface area (Å²) in [4.78, 5) is 25.0. The van der Waals surface area contributed by atoms with Crippen molar-refractivity contribution in [3.63, 3.8) is 0 Å². The molecular formula is C30H22O6. The van der Waals surface area contributed by atoms with Crippen LogP contribution in [0.4, 0.5) is 0 Å². The molecule has 6 heteroatoms. The number of hydrogen-bond donors (Lipinski definition) is 2. The smallest absolute Gasteiger partial charge is 0.343 e. The number of rotatable bonds is 4. The van der Waals surface area contributed by atoms with Crippen molar-refractivity contribution in [2.75, 3.05) is 0 Å². The minimum Gasteiger partial charge on any atom is -0.508 e. The lowest BCUT2D eigenvalue weighted by molar-refractivity contribution is 0.0725. The van der Waals surface area contributed by atoms with E-state index < -0.39 is 11.9 Å². The Kier molecular flexibility index (Phi) is 5.78. The molecule has 0 radical (unpaired) electrons. The molecule has 5 aromatic carbocycles. The third-order valence-electron chi connectivity index (χ3n) is 6.05. The Balaban J connectivity index is 1.38. The molecule has 0 aromatic heterocycles. The van der Waals surface area contributed by atoms with Gasteiger partial charge in [-0.1, -0.05) is 24.3 Å². The summed E-state index contributed by atoms with van der Waals surface area (Å²) in [5.41, 5.74) is 1.88. The molecule has 5 aromatic rings. The van der Waals surface area contributed by atoms with E-state index in [1.165, 1.54) is 12.1 Å². The molecule has 0 heterocycles. The Morgan fingerprint density at radius 3 is 1.33 bits per heavy atom. The van der Waals surface area contributed by atoms with Crippen LogP contribution in [-0.2, 0) is 0 Å². The second-order valence-electron chi connectivity index (χ2n) is 8.65. The van der Waals surface area contributed by atoms with Gasteiger partial charge in [0.1, 0.15) is 23.0 Å². The van der Waals surface area contributed by atoms with Crippen molar-refractivity contribution in [2.24, 2.45) is 0 Å². The summed E-state index contributed by atoms with van der Waals surface area (Å²) < 4.78 is 11.0. The van der Waals surface area contributed by atoms with E-state index in [2.05, 4.69) is 0 Å². The lowest BCUT2D eigenvalue weighted by Crippen LogP contribution is -2.08. The van der Waals surface area contributed by atoms with E-state index in [0.717, 1.165) is 21.5 Å². The number of ether oxygens (including phenoxy) is 2. The number of aryl methyl sites for hydroxylation is 2. The number of phenolic OH excluding ortho intramolecular Hbond substituents is 2. The first-order valence-corrected chi connectivity index (χ1v) is 11.3. The van der Waals surface area contributed by atoms with Crippen molar-refractivity contribution in [3.8, 4) is 23.0 Å². The first kappa shape index (κ1) is 22.9. The topological polar surface area (TPSA) is 93.1 Å². The van der Waals surface area contributed by atoms with Crippen LogP contribution in [0.2, 0.25) is 0 Å². The van der Waals surface area contributed by atoms with Gasteiger partial charge in [-0.25, -0.2) is 9.59 Å². The number of phenols is 2. The van der Waals surface area contributed by atoms with Crippen molar-refractivity contribution in [2.45, 2.75) is 13.8 Å². The minimum atomic E-state index is -0.557. The molecule has 36 heavy (non-hydrogen) atoms. The second kappa shape index (κ2) is 9.07. The molecule has 0 amide bonds. The summed E-state index contributed by atoms with van der Waals surface area (Å²) in [6.07, 6.45) is 0. The van der Waals surface area contributed by atoms with Gasteiger partial charge in [-0.2, -0.15) is 0 Å². The van der Waals surface area contributed by atoms with Crippen LogP contribution in [0.5, 0.6) is 23.0 Å². The molecule has 0 fully saturated rings. The number of carbonyl (C=O) groups is 2. The first-order chi connectivity index (χ1) is 17.3. The Hall–Kier alpha value is -4.84. The van der Waals surface area contributed by atoms with Crippen LogP contribution in [0, 0.1) is 13.8 Å². The maximum Gasteiger partial charge on any atom is 0.343 e. The Bertz CT molecular complexity index is 1540. The van der Waals surface area contributed by atoms with Crippen molar-refractivity contribution in [1.29, 1.82) is 0 Å². The fourth-order valence-corrected chi connectivity index (χ4v) is 3.89. The zero-order valence-corrected chi connectivity index (χ0v) is 19.6. The fraction of sp³-hybridized carbons (Fsp3) is 0.0667. The third kappa shape index (κ3) is 4.57. The summed E-state index contributed by atoms with van der Waals surface area (Å²) >= 11 is 0. The van der Waals surface area contributed by atoms with Gasteiger partial charge in [-0.05, 0) is 107 Å². The zero-order valence-electron chi connectivity index (χ0n) is 19.6. The van der Waals surface area contributed by atoms with E-state index in [-0.39, 0.29) is 22.6 Å². The number of aromatic hydroxyl groups is 2. The minimum absolute atomic E-state index is 0.0384. The average molecular weight is 479 g/mol. The van der Waals surface area contributed by atoms with Gasteiger partial charge in [-0.15, -0.1) is 0 Å². The molecule has 178 valence electrons. The molecule has 0 unspecified atom stereocenters. The molecule has 0 aliphatic rings. The molecule has 0 bridgehead atoms. The van der Waals surface area contributed by atoms with Gasteiger partial charge in [0.05, 0.1) is 11.1 Å². The molecule has 0 spiro atoms. The number of benzene rings is 5. The lowest BCUT2D eigenvalue weighted by Gasteiger charge is -2.09. The molecule has 0 saturated heterocycles. The third-order valence-corrected chi connectivity index (χ3v) is 6.05. The number of esters is 2. The molecule has 2 N–H and O–H groups in total. The quantitative estimate of drug-likeness (QED) is 0.175. The van der Waals surface area contributed by atoms with Gasteiger partial charge < -0.3 is 19.7 Å². The van der Waals surface area contributed by atoms with Gasteiger partial charge in [0.25, 0.3) is 0 Å². The van der Waals surface area contributed by atoms with Gasteiger partial charge in [0.2, 0.25) is 0 Å². The van der Waals surface area contributed by atoms with Gasteiger partial charge >= 0.3 is 11.9 Å². The summed E-state index contributed by atoms with van der Waals surface area (Å²) in [5, 5.41) is 23.3. The van der Waals surface area contributed by atoms with E-state index in [1.807, 2.05) is 24.3 Å². The summed E-state index contributed by atoms with van der Waals surface area (Å²) in [7, 11) is 0. The highest BCUT2D eigenvalue weighted by Gasteiger charge is 2.13. The van der Waals surface area contributed by atoms with Crippen molar-refractivity contribution in [3.05, 3.63) is 107 Å². The SMILES string of the molecule is Cc1ccc(C(=O)Oc2ccc3cc4cc(OC(=O)c5ccc(C)c(O)c5)ccc4cc3c2)cc1O. The molecule has 5 rings (SSSR count). The number of hydrogen-bond acceptors (Lipinski definition) is 6. The fourth-order valence-electron chi connectivity index (χ4n) is 3.89. The largest absolute Gasteiger partial charge is 0.508 e. The van der Waals surface area contributed by atoms with E-state index >= 15 is 0 Å². The number of fused-ring (bicyclic) bond motifs is 2. The van der Waals surface area contributed by atoms with Crippen molar-refractivity contribution < 1.29 is 29.3 Å². The lowest BCUT2D eigenvalue weighted by atomic mass is 10.0. The predicted molar refractivity (Wildman–Crippen MR) is 137 cm³/mol. The second-order valence-corrected chi connectivity index (χ2v) is 8.65. The molecule has 0 aliphatic heterocycles. The van der Waals surface area contributed by atoms with Crippen molar-refractivity contribution >= 4 is 33.5 Å².